The molecule has 0 saturated carbocycles. The summed E-state index contributed by atoms with van der Waals surface area (Å²) < 4.78 is 0. The van der Waals surface area contributed by atoms with Crippen molar-refractivity contribution >= 4 is 11.6 Å². The van der Waals surface area contributed by atoms with E-state index in [4.69, 9.17) is 0 Å². The minimum atomic E-state index is -0.573. The Morgan fingerprint density at radius 1 is 1.32 bits per heavy atom. The largest absolute Gasteiger partial charge is 0.387 e. The molecular weight excluding hydrogens is 459 g/mol. The van der Waals surface area contributed by atoms with Gasteiger partial charge in [-0.2, -0.15) is 0 Å². The first-order valence-electron chi connectivity index (χ1n) is 6.15. The molecule has 1 aromatic rings. The van der Waals surface area contributed by atoms with E-state index < -0.39 is 6.10 Å². The van der Waals surface area contributed by atoms with E-state index in [-0.39, 0.29) is 55.6 Å². The molecule has 0 aromatic carbocycles. The van der Waals surface area contributed by atoms with Gasteiger partial charge in [0, 0.05) is 68.9 Å². The molecule has 1 unspecified atom stereocenters. The second-order valence-corrected chi connectivity index (χ2v) is 5.03. The minimum absolute atomic E-state index is 0. The van der Waals surface area contributed by atoms with Crippen molar-refractivity contribution < 1.29 is 58.8 Å². The Morgan fingerprint density at radius 3 is 2.74 bits per heavy atom. The van der Waals surface area contributed by atoms with Gasteiger partial charge < -0.3 is 15.0 Å². The van der Waals surface area contributed by atoms with Gasteiger partial charge in [-0.05, 0) is 18.4 Å². The molecule has 95 valence electrons. The van der Waals surface area contributed by atoms with Gasteiger partial charge in [0.15, 0.2) is 0 Å². The SMILES string of the molecule is O=C1C=C(N2CC2)C(=O)c2c1[nH]c1c2CCC1O.[Ac]. The summed E-state index contributed by atoms with van der Waals surface area (Å²) in [6, 6.07) is 0. The number of carbonyl (C=O) groups excluding carboxylic acids is 2. The number of nitrogens with zero attached hydrogens (tertiary/aromatic N) is 1. The number of aliphatic hydroxyl groups is 1. The van der Waals surface area contributed by atoms with E-state index in [1.807, 2.05) is 4.90 Å². The molecule has 1 aromatic heterocycles. The molecule has 1 aliphatic heterocycles. The first-order valence-corrected chi connectivity index (χ1v) is 6.15. The molecule has 2 aliphatic carbocycles. The van der Waals surface area contributed by atoms with Crippen molar-refractivity contribution in [1.29, 1.82) is 0 Å². The fraction of sp³-hybridized carbons (Fsp3) is 0.385. The molecule has 0 bridgehead atoms. The molecule has 3 aliphatic rings. The minimum Gasteiger partial charge on any atom is -0.387 e. The van der Waals surface area contributed by atoms with Gasteiger partial charge in [0.2, 0.25) is 11.6 Å². The van der Waals surface area contributed by atoms with Gasteiger partial charge in [0.05, 0.1) is 23.1 Å². The molecule has 5 nitrogen and oxygen atoms in total. The summed E-state index contributed by atoms with van der Waals surface area (Å²) in [6.07, 6.45) is 2.12. The number of aliphatic hydroxyl groups excluding tert-OH is 1. The van der Waals surface area contributed by atoms with Crippen LogP contribution in [0.5, 0.6) is 0 Å². The number of ketones is 2. The first-order chi connectivity index (χ1) is 8.66. The number of rotatable bonds is 1. The Labute approximate surface area is 145 Å². The summed E-state index contributed by atoms with van der Waals surface area (Å²) >= 11 is 0. The summed E-state index contributed by atoms with van der Waals surface area (Å²) in [4.78, 5) is 29.3. The number of nitrogens with one attached hydrogen (secondary N) is 1. The molecule has 1 saturated heterocycles. The number of aromatic nitrogens is 1. The Bertz CT molecular complexity index is 628. The number of allylic oxidation sites excluding steroid dienone is 2. The smallest absolute Gasteiger partial charge is 0.211 e. The monoisotopic (exact) mass is 471 g/mol. The summed E-state index contributed by atoms with van der Waals surface area (Å²) in [7, 11) is 0. The maximum Gasteiger partial charge on any atom is 0.211 e. The molecule has 1 radical (unpaired) electrons. The quantitative estimate of drug-likeness (QED) is 0.588. The van der Waals surface area contributed by atoms with Crippen molar-refractivity contribution in [3.63, 3.8) is 0 Å². The third-order valence-electron chi connectivity index (χ3n) is 3.90. The molecule has 0 amide bonds. The van der Waals surface area contributed by atoms with E-state index in [9.17, 15) is 14.7 Å². The maximum atomic E-state index is 12.4. The standard InChI is InChI=1S/C13H12N2O3.Ac/c16-8-2-1-6-10-12(14-11(6)8)9(17)5-7(13(10)18)15-3-4-15;/h5,8,14,16H,1-4H2;. The van der Waals surface area contributed by atoms with Gasteiger partial charge in [0.25, 0.3) is 0 Å². The molecule has 1 atom stereocenters. The average molecular weight is 471 g/mol. The number of aromatic amines is 1. The van der Waals surface area contributed by atoms with Gasteiger partial charge >= 0.3 is 0 Å². The fourth-order valence-corrected chi connectivity index (χ4v) is 2.88. The summed E-state index contributed by atoms with van der Waals surface area (Å²) in [5, 5.41) is 9.81. The third kappa shape index (κ3) is 1.88. The zero-order chi connectivity index (χ0) is 12.4. The van der Waals surface area contributed by atoms with E-state index >= 15 is 0 Å². The van der Waals surface area contributed by atoms with E-state index in [0.717, 1.165) is 18.7 Å². The van der Waals surface area contributed by atoms with Crippen LogP contribution in [0.15, 0.2) is 11.8 Å². The maximum absolute atomic E-state index is 12.4. The Kier molecular flexibility index (Phi) is 3.24. The zero-order valence-corrected chi connectivity index (χ0v) is 15.0. The molecular formula is C13H12AcN2O3. The van der Waals surface area contributed by atoms with Crippen molar-refractivity contribution in [3.8, 4) is 0 Å². The van der Waals surface area contributed by atoms with Gasteiger partial charge in [-0.3, -0.25) is 9.59 Å². The van der Waals surface area contributed by atoms with Gasteiger partial charge in [-0.15, -0.1) is 0 Å². The normalized spacial score (nSPS) is 23.7. The average Bonchev–Trinajstić information content (AvgIpc) is 3.01. The Balaban J connectivity index is 0.00000110. The van der Waals surface area contributed by atoms with Crippen LogP contribution >= 0.6 is 0 Å². The number of H-pyrrole nitrogens is 1. The molecule has 19 heavy (non-hydrogen) atoms. The number of Topliss-reactive ketones (excluding diaryl/α,β-unsaturated/α-hetero) is 1. The van der Waals surface area contributed by atoms with Crippen LogP contribution < -0.4 is 0 Å². The van der Waals surface area contributed by atoms with Crippen LogP contribution in [0.1, 0.15) is 44.6 Å². The number of fused-ring (bicyclic) bond motifs is 3. The summed E-state index contributed by atoms with van der Waals surface area (Å²) in [5.41, 5.74) is 2.85. The van der Waals surface area contributed by atoms with E-state index in [1.165, 1.54) is 6.08 Å². The van der Waals surface area contributed by atoms with Crippen LogP contribution in [0, 0.1) is 44.1 Å². The van der Waals surface area contributed by atoms with Crippen LogP contribution in [-0.4, -0.2) is 39.6 Å². The molecule has 2 heterocycles. The van der Waals surface area contributed by atoms with Crippen molar-refractivity contribution in [2.24, 2.45) is 0 Å². The second kappa shape index (κ2) is 4.54. The van der Waals surface area contributed by atoms with E-state index in [0.29, 0.717) is 35.5 Å². The molecule has 6 heteroatoms. The molecule has 1 fully saturated rings. The third-order valence-corrected chi connectivity index (χ3v) is 3.90. The zero-order valence-electron chi connectivity index (χ0n) is 10.3. The van der Waals surface area contributed by atoms with Crippen LogP contribution in [0.4, 0.5) is 0 Å². The summed E-state index contributed by atoms with van der Waals surface area (Å²) in [5.74, 6) is -0.234. The van der Waals surface area contributed by atoms with Crippen molar-refractivity contribution in [1.82, 2.24) is 9.88 Å². The Morgan fingerprint density at radius 2 is 2.05 bits per heavy atom. The molecule has 0 spiro atoms. The Hall–Kier alpha value is -0.438. The fourth-order valence-electron chi connectivity index (χ4n) is 2.88. The predicted molar refractivity (Wildman–Crippen MR) is 62.4 cm³/mol. The van der Waals surface area contributed by atoms with E-state index in [2.05, 4.69) is 4.98 Å². The first kappa shape index (κ1) is 13.5. The van der Waals surface area contributed by atoms with Gasteiger partial charge in [0.1, 0.15) is 0 Å². The van der Waals surface area contributed by atoms with Crippen molar-refractivity contribution in [2.75, 3.05) is 13.1 Å². The number of carbonyl (C=O) groups is 2. The van der Waals surface area contributed by atoms with Crippen LogP contribution in [0.2, 0.25) is 0 Å². The van der Waals surface area contributed by atoms with E-state index in [1.54, 1.807) is 0 Å². The van der Waals surface area contributed by atoms with Crippen LogP contribution in [0.25, 0.3) is 0 Å². The van der Waals surface area contributed by atoms with Gasteiger partial charge in [-0.25, -0.2) is 0 Å². The predicted octanol–water partition coefficient (Wildman–Crippen LogP) is 0.573. The van der Waals surface area contributed by atoms with Gasteiger partial charge in [-0.1, -0.05) is 0 Å². The molecule has 4 rings (SSSR count). The van der Waals surface area contributed by atoms with Crippen molar-refractivity contribution in [3.05, 3.63) is 34.3 Å². The van der Waals surface area contributed by atoms with Crippen molar-refractivity contribution in [2.45, 2.75) is 18.9 Å². The second-order valence-electron chi connectivity index (χ2n) is 5.03. The summed E-state index contributed by atoms with van der Waals surface area (Å²) in [6.45, 7) is 1.69. The number of hydrogen-bond donors (Lipinski definition) is 2. The number of hydrogen-bond acceptors (Lipinski definition) is 4. The topological polar surface area (TPSA) is 73.2 Å². The van der Waals surface area contributed by atoms with Crippen LogP contribution in [0.3, 0.4) is 0 Å². The molecule has 2 N–H and O–H groups in total. The van der Waals surface area contributed by atoms with Crippen LogP contribution in [-0.2, 0) is 6.42 Å².